The van der Waals surface area contributed by atoms with Gasteiger partial charge in [-0.15, -0.1) is 11.3 Å². The number of carbonyl (C=O) groups excluding carboxylic acids is 1. The van der Waals surface area contributed by atoms with E-state index in [1.54, 1.807) is 11.3 Å². The third kappa shape index (κ3) is 3.76. The largest absolute Gasteiger partial charge is 0.390 e. The number of nitrogens with one attached hydrogen (secondary N) is 1. The van der Waals surface area contributed by atoms with Crippen molar-refractivity contribution in [1.82, 2.24) is 10.2 Å². The molecule has 6 heteroatoms. The van der Waals surface area contributed by atoms with Gasteiger partial charge in [-0.2, -0.15) is 0 Å². The van der Waals surface area contributed by atoms with Gasteiger partial charge in [0.15, 0.2) is 0 Å². The van der Waals surface area contributed by atoms with Gasteiger partial charge in [0.05, 0.1) is 12.1 Å². The number of hydrogen-bond donors (Lipinski definition) is 2. The molecule has 1 aromatic rings. The molecule has 2 rings (SSSR count). The third-order valence-electron chi connectivity index (χ3n) is 3.32. The van der Waals surface area contributed by atoms with Crippen LogP contribution in [0.2, 0.25) is 0 Å². The lowest BCUT2D eigenvalue weighted by atomic mass is 10.2. The quantitative estimate of drug-likeness (QED) is 0.820. The third-order valence-corrected chi connectivity index (χ3v) is 4.33. The summed E-state index contributed by atoms with van der Waals surface area (Å²) in [4.78, 5) is 14.9. The van der Waals surface area contributed by atoms with E-state index in [0.717, 1.165) is 6.54 Å². The highest BCUT2D eigenvalue weighted by atomic mass is 32.1. The van der Waals surface area contributed by atoms with Crippen molar-refractivity contribution in [2.45, 2.75) is 25.6 Å². The Labute approximate surface area is 117 Å². The Morgan fingerprint density at radius 1 is 1.63 bits per heavy atom. The summed E-state index contributed by atoms with van der Waals surface area (Å²) in [5, 5.41) is 14.9. The predicted octanol–water partition coefficient (Wildman–Crippen LogP) is 0.364. The van der Waals surface area contributed by atoms with Gasteiger partial charge in [-0.1, -0.05) is 0 Å². The minimum atomic E-state index is -0.513. The first-order valence-electron chi connectivity index (χ1n) is 6.32. The van der Waals surface area contributed by atoms with Gasteiger partial charge in [0.25, 0.3) is 0 Å². The van der Waals surface area contributed by atoms with E-state index in [1.165, 1.54) is 17.6 Å². The molecule has 0 aromatic carbocycles. The van der Waals surface area contributed by atoms with Gasteiger partial charge in [-0.25, -0.2) is 0 Å². The average Bonchev–Trinajstić information content (AvgIpc) is 2.88. The van der Waals surface area contributed by atoms with Crippen LogP contribution < -0.4 is 5.32 Å². The van der Waals surface area contributed by atoms with Crippen LogP contribution in [-0.2, 0) is 16.1 Å². The van der Waals surface area contributed by atoms with Crippen molar-refractivity contribution in [2.24, 2.45) is 0 Å². The van der Waals surface area contributed by atoms with Gasteiger partial charge in [0, 0.05) is 31.6 Å². The zero-order valence-electron chi connectivity index (χ0n) is 11.3. The van der Waals surface area contributed by atoms with Crippen molar-refractivity contribution >= 4 is 17.2 Å². The second kappa shape index (κ2) is 6.47. The summed E-state index contributed by atoms with van der Waals surface area (Å²) in [6.45, 7) is 4.23. The fourth-order valence-corrected chi connectivity index (χ4v) is 3.23. The van der Waals surface area contributed by atoms with Crippen molar-refractivity contribution in [1.29, 1.82) is 0 Å². The number of likely N-dealkylation sites (tertiary alicyclic amines) is 1. The summed E-state index contributed by atoms with van der Waals surface area (Å²) < 4.78 is 4.77. The number of thiophene rings is 1. The smallest absolute Gasteiger partial charge is 0.246 e. The van der Waals surface area contributed by atoms with Crippen LogP contribution in [0.5, 0.6) is 0 Å². The summed E-state index contributed by atoms with van der Waals surface area (Å²) in [6, 6.07) is 1.90. The molecule has 1 fully saturated rings. The number of aliphatic hydroxyl groups is 1. The van der Waals surface area contributed by atoms with Gasteiger partial charge in [0.1, 0.15) is 6.61 Å². The highest BCUT2D eigenvalue weighted by molar-refractivity contribution is 7.10. The minimum absolute atomic E-state index is 0.0350. The van der Waals surface area contributed by atoms with Crippen LogP contribution in [0.4, 0.5) is 0 Å². The first-order chi connectivity index (χ1) is 9.10. The second-order valence-corrected chi connectivity index (χ2v) is 5.90. The van der Waals surface area contributed by atoms with Crippen LogP contribution in [0.15, 0.2) is 11.4 Å². The van der Waals surface area contributed by atoms with E-state index >= 15 is 0 Å². The number of rotatable bonds is 5. The van der Waals surface area contributed by atoms with Crippen molar-refractivity contribution in [2.75, 3.05) is 26.8 Å². The number of aryl methyl sites for hydroxylation is 1. The number of aliphatic hydroxyl groups excluding tert-OH is 1. The van der Waals surface area contributed by atoms with E-state index in [4.69, 9.17) is 4.74 Å². The maximum atomic E-state index is 11.5. The summed E-state index contributed by atoms with van der Waals surface area (Å²) >= 11 is 1.73. The van der Waals surface area contributed by atoms with Crippen LogP contribution in [0.1, 0.15) is 10.4 Å². The molecule has 0 spiro atoms. The summed E-state index contributed by atoms with van der Waals surface area (Å²) in [7, 11) is 1.48. The zero-order valence-corrected chi connectivity index (χ0v) is 12.1. The van der Waals surface area contributed by atoms with Crippen LogP contribution in [0, 0.1) is 6.92 Å². The fraction of sp³-hybridized carbons (Fsp3) is 0.615. The highest BCUT2D eigenvalue weighted by Crippen LogP contribution is 2.20. The summed E-state index contributed by atoms with van der Waals surface area (Å²) in [6.07, 6.45) is -0.513. The second-order valence-electron chi connectivity index (χ2n) is 4.90. The topological polar surface area (TPSA) is 61.8 Å². The zero-order chi connectivity index (χ0) is 13.8. The molecule has 2 atom stereocenters. The number of amides is 1. The van der Waals surface area contributed by atoms with Crippen molar-refractivity contribution < 1.29 is 14.6 Å². The number of methoxy groups -OCH3 is 1. The van der Waals surface area contributed by atoms with Gasteiger partial charge < -0.3 is 15.2 Å². The van der Waals surface area contributed by atoms with Crippen LogP contribution >= 0.6 is 11.3 Å². The molecule has 1 aliphatic rings. The molecule has 1 saturated heterocycles. The molecule has 106 valence electrons. The van der Waals surface area contributed by atoms with Gasteiger partial charge in [-0.3, -0.25) is 9.69 Å². The van der Waals surface area contributed by atoms with Gasteiger partial charge in [0.2, 0.25) is 5.91 Å². The molecular formula is C13H20N2O3S. The Balaban J connectivity index is 1.87. The van der Waals surface area contributed by atoms with E-state index in [2.05, 4.69) is 28.6 Å². The SMILES string of the molecule is COCC(=O)N[C@@H]1CN(Cc2sccc2C)C[C@H]1O. The molecule has 5 nitrogen and oxygen atoms in total. The molecule has 1 amide bonds. The lowest BCUT2D eigenvalue weighted by molar-refractivity contribution is -0.125. The molecule has 0 bridgehead atoms. The maximum absolute atomic E-state index is 11.5. The van der Waals surface area contributed by atoms with Gasteiger partial charge >= 0.3 is 0 Å². The molecule has 0 radical (unpaired) electrons. The van der Waals surface area contributed by atoms with Crippen LogP contribution in [0.3, 0.4) is 0 Å². The van der Waals surface area contributed by atoms with Crippen LogP contribution in [-0.4, -0.2) is 54.9 Å². The molecule has 0 aliphatic carbocycles. The first kappa shape index (κ1) is 14.5. The normalized spacial score (nSPS) is 23.7. The molecule has 0 saturated carbocycles. The number of β-amino-alcohol motifs (C(OH)–C–C–N with tert-alkyl or cyclic N) is 1. The van der Waals surface area contributed by atoms with Crippen molar-refractivity contribution in [3.8, 4) is 0 Å². The monoisotopic (exact) mass is 284 g/mol. The highest BCUT2D eigenvalue weighted by Gasteiger charge is 2.32. The molecule has 0 unspecified atom stereocenters. The molecule has 2 N–H and O–H groups in total. The Bertz CT molecular complexity index is 435. The van der Waals surface area contributed by atoms with E-state index < -0.39 is 6.10 Å². The molecule has 1 aliphatic heterocycles. The molecular weight excluding hydrogens is 264 g/mol. The predicted molar refractivity (Wildman–Crippen MR) is 74.1 cm³/mol. The van der Waals surface area contributed by atoms with Crippen LogP contribution in [0.25, 0.3) is 0 Å². The Hall–Kier alpha value is -0.950. The molecule has 1 aromatic heterocycles. The Morgan fingerprint density at radius 3 is 3.05 bits per heavy atom. The standard InChI is InChI=1S/C13H20N2O3S/c1-9-3-4-19-12(9)7-15-5-10(11(16)6-15)14-13(17)8-18-2/h3-4,10-11,16H,5-8H2,1-2H3,(H,14,17)/t10-,11-/m1/s1. The lowest BCUT2D eigenvalue weighted by Gasteiger charge is -2.16. The first-order valence-corrected chi connectivity index (χ1v) is 7.20. The minimum Gasteiger partial charge on any atom is -0.390 e. The Kier molecular flexibility index (Phi) is 4.93. The van der Waals surface area contributed by atoms with Gasteiger partial charge in [-0.05, 0) is 23.9 Å². The molecule has 2 heterocycles. The fourth-order valence-electron chi connectivity index (χ4n) is 2.29. The maximum Gasteiger partial charge on any atom is 0.246 e. The number of carbonyl (C=O) groups is 1. The van der Waals surface area contributed by atoms with E-state index in [9.17, 15) is 9.90 Å². The molecule has 19 heavy (non-hydrogen) atoms. The number of hydrogen-bond acceptors (Lipinski definition) is 5. The van der Waals surface area contributed by atoms with E-state index in [0.29, 0.717) is 13.1 Å². The van der Waals surface area contributed by atoms with E-state index in [1.807, 2.05) is 0 Å². The summed E-state index contributed by atoms with van der Waals surface area (Å²) in [5.74, 6) is -0.180. The lowest BCUT2D eigenvalue weighted by Crippen LogP contribution is -2.44. The average molecular weight is 284 g/mol. The number of ether oxygens (including phenoxy) is 1. The van der Waals surface area contributed by atoms with E-state index in [-0.39, 0.29) is 18.6 Å². The van der Waals surface area contributed by atoms with Crippen molar-refractivity contribution in [3.63, 3.8) is 0 Å². The summed E-state index contributed by atoms with van der Waals surface area (Å²) in [5.41, 5.74) is 1.28. The van der Waals surface area contributed by atoms with Crippen molar-refractivity contribution in [3.05, 3.63) is 21.9 Å². The Morgan fingerprint density at radius 2 is 2.42 bits per heavy atom. The number of nitrogens with zero attached hydrogens (tertiary/aromatic N) is 1.